The summed E-state index contributed by atoms with van der Waals surface area (Å²) in [6.45, 7) is 3.75. The van der Waals surface area contributed by atoms with E-state index in [0.717, 1.165) is 0 Å². The maximum absolute atomic E-state index is 11.3. The van der Waals surface area contributed by atoms with Gasteiger partial charge in [0.05, 0.1) is 11.1 Å². The summed E-state index contributed by atoms with van der Waals surface area (Å²) in [6.07, 6.45) is -0.570. The summed E-state index contributed by atoms with van der Waals surface area (Å²) in [7, 11) is 2.99. The number of esters is 1. The van der Waals surface area contributed by atoms with Crippen molar-refractivity contribution in [2.75, 3.05) is 20.8 Å². The molecule has 0 aromatic rings. The van der Waals surface area contributed by atoms with Gasteiger partial charge in [-0.05, 0) is 29.8 Å². The Labute approximate surface area is 92.3 Å². The lowest BCUT2D eigenvalue weighted by atomic mass is 10.3. The van der Waals surface area contributed by atoms with Gasteiger partial charge in [0.25, 0.3) is 0 Å². The Kier molecular flexibility index (Phi) is 6.78. The van der Waals surface area contributed by atoms with Gasteiger partial charge in [0.15, 0.2) is 6.29 Å². The molecule has 0 radical (unpaired) electrons. The summed E-state index contributed by atoms with van der Waals surface area (Å²) in [5, 5.41) is 0. The minimum absolute atomic E-state index is 0.348. The van der Waals surface area contributed by atoms with E-state index in [1.807, 2.05) is 0 Å². The summed E-state index contributed by atoms with van der Waals surface area (Å²) < 4.78 is 15.3. The second kappa shape index (κ2) is 6.98. The van der Waals surface area contributed by atoms with Crippen molar-refractivity contribution in [3.63, 3.8) is 0 Å². The highest BCUT2D eigenvalue weighted by Crippen LogP contribution is 2.20. The third-order valence-electron chi connectivity index (χ3n) is 1.57. The van der Waals surface area contributed by atoms with Crippen LogP contribution in [0.5, 0.6) is 0 Å². The van der Waals surface area contributed by atoms with Crippen molar-refractivity contribution >= 4 is 21.9 Å². The molecule has 0 unspecified atom stereocenters. The molecule has 0 fully saturated rings. The number of hydrogen-bond acceptors (Lipinski definition) is 4. The van der Waals surface area contributed by atoms with Gasteiger partial charge >= 0.3 is 5.97 Å². The normalized spacial score (nSPS) is 12.7. The molecule has 14 heavy (non-hydrogen) atoms. The van der Waals surface area contributed by atoms with Gasteiger partial charge < -0.3 is 14.2 Å². The molecule has 0 saturated carbocycles. The summed E-state index contributed by atoms with van der Waals surface area (Å²) in [6, 6.07) is 0. The van der Waals surface area contributed by atoms with Crippen LogP contribution >= 0.6 is 15.9 Å². The first-order valence-electron chi connectivity index (χ1n) is 4.17. The molecule has 0 aliphatic rings. The van der Waals surface area contributed by atoms with Crippen molar-refractivity contribution < 1.29 is 19.0 Å². The molecule has 0 spiro atoms. The predicted octanol–water partition coefficient (Wildman–Crippen LogP) is 1.84. The van der Waals surface area contributed by atoms with E-state index in [-0.39, 0.29) is 5.97 Å². The molecule has 4 nitrogen and oxygen atoms in total. The molecule has 0 aliphatic heterocycles. The number of carbonyl (C=O) groups excluding carboxylic acids is 1. The number of methoxy groups -OCH3 is 2. The Morgan fingerprint density at radius 2 is 1.86 bits per heavy atom. The molecule has 0 bridgehead atoms. The van der Waals surface area contributed by atoms with Crippen molar-refractivity contribution in [3.8, 4) is 0 Å². The fourth-order valence-electron chi connectivity index (χ4n) is 0.817. The van der Waals surface area contributed by atoms with Crippen LogP contribution in [0.3, 0.4) is 0 Å². The Morgan fingerprint density at radius 3 is 2.21 bits per heavy atom. The maximum Gasteiger partial charge on any atom is 0.334 e. The molecule has 0 N–H and O–H groups in total. The molecule has 0 heterocycles. The third kappa shape index (κ3) is 3.77. The summed E-state index contributed by atoms with van der Waals surface area (Å²) >= 11 is 3.23. The van der Waals surface area contributed by atoms with Crippen LogP contribution in [0.2, 0.25) is 0 Å². The first kappa shape index (κ1) is 13.6. The zero-order valence-corrected chi connectivity index (χ0v) is 10.4. The van der Waals surface area contributed by atoms with Gasteiger partial charge in [0.2, 0.25) is 0 Å². The molecule has 0 rings (SSSR count). The fraction of sp³-hybridized carbons (Fsp3) is 0.667. The lowest BCUT2D eigenvalue weighted by molar-refractivity contribution is -0.138. The van der Waals surface area contributed by atoms with Crippen molar-refractivity contribution in [1.29, 1.82) is 0 Å². The van der Waals surface area contributed by atoms with E-state index >= 15 is 0 Å². The van der Waals surface area contributed by atoms with Crippen molar-refractivity contribution in [2.24, 2.45) is 0 Å². The second-order valence-corrected chi connectivity index (χ2v) is 3.35. The quantitative estimate of drug-likeness (QED) is 0.433. The van der Waals surface area contributed by atoms with Crippen molar-refractivity contribution in [3.05, 3.63) is 10.1 Å². The van der Waals surface area contributed by atoms with E-state index in [0.29, 0.717) is 16.7 Å². The van der Waals surface area contributed by atoms with Gasteiger partial charge in [-0.1, -0.05) is 0 Å². The smallest absolute Gasteiger partial charge is 0.334 e. The van der Waals surface area contributed by atoms with Crippen molar-refractivity contribution in [2.45, 2.75) is 20.1 Å². The molecule has 0 amide bonds. The van der Waals surface area contributed by atoms with E-state index in [1.54, 1.807) is 13.8 Å². The summed E-state index contributed by atoms with van der Waals surface area (Å²) in [5.41, 5.74) is 0.445. The number of halogens is 1. The van der Waals surface area contributed by atoms with Gasteiger partial charge in [-0.15, -0.1) is 0 Å². The van der Waals surface area contributed by atoms with Crippen LogP contribution in [0.4, 0.5) is 0 Å². The molecule has 0 atom stereocenters. The number of rotatable bonds is 5. The van der Waals surface area contributed by atoms with E-state index in [2.05, 4.69) is 15.9 Å². The van der Waals surface area contributed by atoms with Gasteiger partial charge in [-0.25, -0.2) is 4.79 Å². The zero-order valence-electron chi connectivity index (χ0n) is 8.80. The third-order valence-corrected chi connectivity index (χ3v) is 2.54. The molecule has 0 aromatic heterocycles. The standard InChI is InChI=1S/C9H15BrO4/c1-5-14-8(11)6(2)7(10)9(12-3)13-4/h9H,5H2,1-4H3/b7-6+. The van der Waals surface area contributed by atoms with Gasteiger partial charge in [0, 0.05) is 19.8 Å². The topological polar surface area (TPSA) is 44.8 Å². The van der Waals surface area contributed by atoms with Crippen LogP contribution < -0.4 is 0 Å². The highest BCUT2D eigenvalue weighted by Gasteiger charge is 2.17. The molecular weight excluding hydrogens is 252 g/mol. The number of hydrogen-bond donors (Lipinski definition) is 0. The lowest BCUT2D eigenvalue weighted by Gasteiger charge is -2.14. The predicted molar refractivity (Wildman–Crippen MR) is 56.1 cm³/mol. The summed E-state index contributed by atoms with van der Waals surface area (Å²) in [5.74, 6) is -0.376. The molecule has 0 aromatic carbocycles. The van der Waals surface area contributed by atoms with Crippen molar-refractivity contribution in [1.82, 2.24) is 0 Å². The van der Waals surface area contributed by atoms with E-state index in [4.69, 9.17) is 14.2 Å². The molecular formula is C9H15BrO4. The van der Waals surface area contributed by atoms with Gasteiger partial charge in [-0.2, -0.15) is 0 Å². The van der Waals surface area contributed by atoms with Gasteiger partial charge in [-0.3, -0.25) is 0 Å². The van der Waals surface area contributed by atoms with Crippen LogP contribution in [0.15, 0.2) is 10.1 Å². The molecule has 82 valence electrons. The Hall–Kier alpha value is -0.390. The fourth-order valence-corrected chi connectivity index (χ4v) is 1.35. The average Bonchev–Trinajstić information content (AvgIpc) is 2.18. The van der Waals surface area contributed by atoms with E-state index in [1.165, 1.54) is 14.2 Å². The highest BCUT2D eigenvalue weighted by molar-refractivity contribution is 9.11. The zero-order chi connectivity index (χ0) is 11.1. The summed E-state index contributed by atoms with van der Waals surface area (Å²) in [4.78, 5) is 11.3. The van der Waals surface area contributed by atoms with E-state index in [9.17, 15) is 4.79 Å². The largest absolute Gasteiger partial charge is 0.463 e. The Morgan fingerprint density at radius 1 is 1.36 bits per heavy atom. The minimum Gasteiger partial charge on any atom is -0.463 e. The highest BCUT2D eigenvalue weighted by atomic mass is 79.9. The molecule has 0 aliphatic carbocycles. The first-order chi connectivity index (χ1) is 6.58. The molecule has 5 heteroatoms. The van der Waals surface area contributed by atoms with Crippen LogP contribution in [0.1, 0.15) is 13.8 Å². The Balaban J connectivity index is 4.63. The Bertz CT molecular complexity index is 221. The average molecular weight is 267 g/mol. The SMILES string of the molecule is CCOC(=O)/C(C)=C(/Br)C(OC)OC. The number of ether oxygens (including phenoxy) is 3. The van der Waals surface area contributed by atoms with E-state index < -0.39 is 6.29 Å². The molecule has 0 saturated heterocycles. The first-order valence-corrected chi connectivity index (χ1v) is 4.96. The monoisotopic (exact) mass is 266 g/mol. The number of carbonyl (C=O) groups is 1. The van der Waals surface area contributed by atoms with Crippen LogP contribution in [0.25, 0.3) is 0 Å². The van der Waals surface area contributed by atoms with Gasteiger partial charge in [0.1, 0.15) is 0 Å². The lowest BCUT2D eigenvalue weighted by Crippen LogP contribution is -2.17. The van der Waals surface area contributed by atoms with Crippen LogP contribution in [0, 0.1) is 0 Å². The maximum atomic E-state index is 11.3. The van der Waals surface area contributed by atoms with Crippen LogP contribution in [-0.2, 0) is 19.0 Å². The van der Waals surface area contributed by atoms with Crippen LogP contribution in [-0.4, -0.2) is 33.1 Å². The second-order valence-electron chi connectivity index (χ2n) is 2.50. The minimum atomic E-state index is -0.570.